The smallest absolute Gasteiger partial charge is 0.133 e. The molecule has 0 amide bonds. The maximum atomic E-state index is 4.31. The minimum absolute atomic E-state index is 0.0615. The summed E-state index contributed by atoms with van der Waals surface area (Å²) in [6.07, 6.45) is 6.54. The van der Waals surface area contributed by atoms with Crippen molar-refractivity contribution in [2.45, 2.75) is 54.9 Å². The van der Waals surface area contributed by atoms with Gasteiger partial charge >= 0.3 is 0 Å². The van der Waals surface area contributed by atoms with E-state index < -0.39 is 0 Å². The number of allylic oxidation sites excluding steroid dienone is 1. The Kier molecular flexibility index (Phi) is 10.6. The van der Waals surface area contributed by atoms with E-state index in [4.69, 9.17) is 0 Å². The molecule has 2 nitrogen and oxygen atoms in total. The molecule has 0 aliphatic carbocycles. The molecule has 0 aromatic rings. The van der Waals surface area contributed by atoms with E-state index >= 15 is 0 Å². The van der Waals surface area contributed by atoms with Gasteiger partial charge in [0.15, 0.2) is 0 Å². The maximum absolute atomic E-state index is 4.31. The molecule has 0 saturated heterocycles. The van der Waals surface area contributed by atoms with E-state index in [0.29, 0.717) is 0 Å². The van der Waals surface area contributed by atoms with Gasteiger partial charge in [0.1, 0.15) is 5.84 Å². The molecule has 0 atom stereocenters. The first-order valence-corrected chi connectivity index (χ1v) is 5.76. The van der Waals surface area contributed by atoms with E-state index in [1.54, 1.807) is 12.4 Å². The van der Waals surface area contributed by atoms with Crippen LogP contribution in [-0.2, 0) is 0 Å². The average Bonchev–Trinajstić information content (AvgIpc) is 2.26. The molecule has 0 saturated carbocycles. The zero-order valence-electron chi connectivity index (χ0n) is 11.3. The Morgan fingerprint density at radius 1 is 1.20 bits per heavy atom. The van der Waals surface area contributed by atoms with Crippen LogP contribution in [0.4, 0.5) is 0 Å². The fraction of sp³-hybridized carbons (Fsp3) is 0.692. The largest absolute Gasteiger partial charge is 0.246 e. The molecule has 0 radical (unpaired) electrons. The molecule has 0 N–H and O–H groups in total. The first-order chi connectivity index (χ1) is 7.08. The summed E-state index contributed by atoms with van der Waals surface area (Å²) in [5.74, 6) is 0.899. The van der Waals surface area contributed by atoms with Gasteiger partial charge in [-0.2, -0.15) is 0 Å². The second-order valence-corrected chi connectivity index (χ2v) is 3.56. The fourth-order valence-electron chi connectivity index (χ4n) is 0.808. The van der Waals surface area contributed by atoms with Crippen LogP contribution in [0.3, 0.4) is 0 Å². The van der Waals surface area contributed by atoms with E-state index in [-0.39, 0.29) is 5.41 Å². The van der Waals surface area contributed by atoms with E-state index in [1.807, 2.05) is 33.8 Å². The van der Waals surface area contributed by atoms with Crippen molar-refractivity contribution < 1.29 is 0 Å². The van der Waals surface area contributed by atoms with E-state index in [9.17, 15) is 0 Å². The predicted molar refractivity (Wildman–Crippen MR) is 71.8 cm³/mol. The van der Waals surface area contributed by atoms with E-state index in [1.165, 1.54) is 0 Å². The van der Waals surface area contributed by atoms with Gasteiger partial charge in [0.2, 0.25) is 0 Å². The molecule has 0 fully saturated rings. The molecule has 0 aromatic carbocycles. The second kappa shape index (κ2) is 9.63. The summed E-state index contributed by atoms with van der Waals surface area (Å²) in [5.41, 5.74) is 0.0615. The van der Waals surface area contributed by atoms with Crippen molar-refractivity contribution in [2.75, 3.05) is 0 Å². The van der Waals surface area contributed by atoms with E-state index in [2.05, 4.69) is 30.8 Å². The molecule has 0 bridgehead atoms. The Morgan fingerprint density at radius 2 is 1.73 bits per heavy atom. The van der Waals surface area contributed by atoms with Crippen molar-refractivity contribution in [2.24, 2.45) is 15.4 Å². The first-order valence-electron chi connectivity index (χ1n) is 5.76. The summed E-state index contributed by atoms with van der Waals surface area (Å²) in [5, 5.41) is 0. The van der Waals surface area contributed by atoms with Gasteiger partial charge in [-0.25, -0.2) is 9.98 Å². The van der Waals surface area contributed by atoms with Crippen molar-refractivity contribution in [3.05, 3.63) is 12.3 Å². The number of hydrogen-bond donors (Lipinski definition) is 0. The zero-order valence-corrected chi connectivity index (χ0v) is 11.3. The maximum Gasteiger partial charge on any atom is 0.133 e. The lowest BCUT2D eigenvalue weighted by Gasteiger charge is -2.21. The molecular formula is C13H26N2. The molecule has 0 unspecified atom stereocenters. The lowest BCUT2D eigenvalue weighted by molar-refractivity contribution is 0.499. The number of hydrogen-bond acceptors (Lipinski definition) is 1. The summed E-state index contributed by atoms with van der Waals surface area (Å²) in [7, 11) is 0. The van der Waals surface area contributed by atoms with Crippen LogP contribution in [0.25, 0.3) is 0 Å². The highest BCUT2D eigenvalue weighted by Gasteiger charge is 2.21. The number of rotatable bonds is 3. The molecule has 0 aliphatic heterocycles. The molecule has 0 rings (SSSR count). The van der Waals surface area contributed by atoms with Gasteiger partial charge in [0.05, 0.1) is 0 Å². The van der Waals surface area contributed by atoms with Gasteiger partial charge in [0, 0.05) is 17.8 Å². The average molecular weight is 210 g/mol. The van der Waals surface area contributed by atoms with Gasteiger partial charge < -0.3 is 0 Å². The molecule has 0 heterocycles. The van der Waals surface area contributed by atoms with Crippen molar-refractivity contribution >= 4 is 12.1 Å². The van der Waals surface area contributed by atoms with Crippen LogP contribution in [0.1, 0.15) is 54.9 Å². The van der Waals surface area contributed by atoms with Crippen molar-refractivity contribution in [1.29, 1.82) is 0 Å². The normalized spacial score (nSPS) is 13.1. The van der Waals surface area contributed by atoms with Crippen LogP contribution in [-0.4, -0.2) is 12.1 Å². The number of nitrogens with zero attached hydrogens (tertiary/aromatic N) is 2. The Hall–Kier alpha value is -0.920. The molecule has 0 aliphatic rings. The zero-order chi connectivity index (χ0) is 12.3. The Bertz CT molecular complexity index is 223. The third kappa shape index (κ3) is 7.06. The minimum Gasteiger partial charge on any atom is -0.246 e. The van der Waals surface area contributed by atoms with Crippen molar-refractivity contribution in [3.63, 3.8) is 0 Å². The Morgan fingerprint density at radius 3 is 2.07 bits per heavy atom. The van der Waals surface area contributed by atoms with Crippen molar-refractivity contribution in [1.82, 2.24) is 0 Å². The molecule has 0 aromatic heterocycles. The standard InChI is InChI=1S/C11H20N2.C2H6/c1-6-9-13-10(12-8-3)11(4,5)7-2;1-2/h6,8-9H,7H2,1-5H3;1-2H3/b9-6-,12-8?,13-10?;. The fourth-order valence-corrected chi connectivity index (χ4v) is 0.808. The molecular weight excluding hydrogens is 184 g/mol. The monoisotopic (exact) mass is 210 g/mol. The summed E-state index contributed by atoms with van der Waals surface area (Å²) < 4.78 is 0. The van der Waals surface area contributed by atoms with Gasteiger partial charge in [-0.3, -0.25) is 0 Å². The van der Waals surface area contributed by atoms with Gasteiger partial charge in [0.25, 0.3) is 0 Å². The van der Waals surface area contributed by atoms with Crippen molar-refractivity contribution in [3.8, 4) is 0 Å². The molecule has 0 spiro atoms. The van der Waals surface area contributed by atoms with Crippen LogP contribution in [0.5, 0.6) is 0 Å². The lowest BCUT2D eigenvalue weighted by atomic mass is 9.89. The first kappa shape index (κ1) is 16.5. The highest BCUT2D eigenvalue weighted by molar-refractivity contribution is 5.93. The number of amidine groups is 1. The molecule has 15 heavy (non-hydrogen) atoms. The summed E-state index contributed by atoms with van der Waals surface area (Å²) in [6.45, 7) is 14.3. The summed E-state index contributed by atoms with van der Waals surface area (Å²) in [6, 6.07) is 0. The second-order valence-electron chi connectivity index (χ2n) is 3.56. The minimum atomic E-state index is 0.0615. The lowest BCUT2D eigenvalue weighted by Crippen LogP contribution is -2.21. The van der Waals surface area contributed by atoms with Crippen LogP contribution >= 0.6 is 0 Å². The van der Waals surface area contributed by atoms with Crippen LogP contribution < -0.4 is 0 Å². The number of aliphatic imine (C=N–C) groups is 2. The van der Waals surface area contributed by atoms with Crippen LogP contribution in [0, 0.1) is 5.41 Å². The van der Waals surface area contributed by atoms with Crippen LogP contribution in [0.2, 0.25) is 0 Å². The van der Waals surface area contributed by atoms with Gasteiger partial charge in [-0.15, -0.1) is 0 Å². The summed E-state index contributed by atoms with van der Waals surface area (Å²) in [4.78, 5) is 8.59. The van der Waals surface area contributed by atoms with Crippen LogP contribution in [0.15, 0.2) is 22.3 Å². The Labute approximate surface area is 95.2 Å². The topological polar surface area (TPSA) is 24.7 Å². The van der Waals surface area contributed by atoms with Gasteiger partial charge in [-0.05, 0) is 20.3 Å². The van der Waals surface area contributed by atoms with E-state index in [0.717, 1.165) is 12.3 Å². The molecule has 2 heteroatoms. The quantitative estimate of drug-likeness (QED) is 0.485. The third-order valence-electron chi connectivity index (χ3n) is 2.09. The predicted octanol–water partition coefficient (Wildman–Crippen LogP) is 4.47. The third-order valence-corrected chi connectivity index (χ3v) is 2.09. The molecule has 88 valence electrons. The highest BCUT2D eigenvalue weighted by Crippen LogP contribution is 2.22. The van der Waals surface area contributed by atoms with Gasteiger partial charge in [-0.1, -0.05) is 40.7 Å². The Balaban J connectivity index is 0. The SMILES string of the molecule is CC.CC=NC(=N/C=C\C)C(C)(C)CC. The summed E-state index contributed by atoms with van der Waals surface area (Å²) >= 11 is 0. The highest BCUT2D eigenvalue weighted by atomic mass is 14.9.